The molecule has 0 amide bonds. The smallest absolute Gasteiger partial charge is 0.119 e. The fourth-order valence-electron chi connectivity index (χ4n) is 2.10. The molecule has 0 spiro atoms. The van der Waals surface area contributed by atoms with E-state index in [1.54, 1.807) is 0 Å². The number of aryl methyl sites for hydroxylation is 2. The van der Waals surface area contributed by atoms with E-state index in [9.17, 15) is 5.11 Å². The lowest BCUT2D eigenvalue weighted by Crippen LogP contribution is -2.26. The van der Waals surface area contributed by atoms with Crippen molar-refractivity contribution in [3.05, 3.63) is 58.6 Å². The summed E-state index contributed by atoms with van der Waals surface area (Å²) in [6, 6.07) is 13.4. The van der Waals surface area contributed by atoms with Crippen LogP contribution in [-0.2, 0) is 0 Å². The quantitative estimate of drug-likeness (QED) is 0.853. The van der Waals surface area contributed by atoms with Crippen molar-refractivity contribution in [2.24, 2.45) is 0 Å². The van der Waals surface area contributed by atoms with Gasteiger partial charge in [0, 0.05) is 17.3 Å². The predicted molar refractivity (Wildman–Crippen MR) is 87.4 cm³/mol. The minimum absolute atomic E-state index is 0.246. The standard InChI is InChI=1S/C17H20ClNO2/c1-12-6-13(2)8-17(7-12)21-11-16(20)10-19-15-5-3-4-14(18)9-15/h3-9,16,19-20H,10-11H2,1-2H3. The molecule has 2 aromatic rings. The second-order valence-electron chi connectivity index (χ2n) is 5.18. The van der Waals surface area contributed by atoms with Crippen LogP contribution in [0.1, 0.15) is 11.1 Å². The summed E-state index contributed by atoms with van der Waals surface area (Å²) in [6.45, 7) is 4.70. The van der Waals surface area contributed by atoms with Crippen LogP contribution < -0.4 is 10.1 Å². The topological polar surface area (TPSA) is 41.5 Å². The highest BCUT2D eigenvalue weighted by Gasteiger charge is 2.06. The molecule has 1 unspecified atom stereocenters. The molecule has 0 fully saturated rings. The Labute approximate surface area is 130 Å². The summed E-state index contributed by atoms with van der Waals surface area (Å²) in [5.41, 5.74) is 3.18. The Morgan fingerprint density at radius 3 is 2.52 bits per heavy atom. The average Bonchev–Trinajstić information content (AvgIpc) is 2.42. The lowest BCUT2D eigenvalue weighted by atomic mass is 10.1. The van der Waals surface area contributed by atoms with Crippen molar-refractivity contribution in [2.45, 2.75) is 20.0 Å². The molecule has 1 atom stereocenters. The summed E-state index contributed by atoms with van der Waals surface area (Å²) in [5.74, 6) is 0.786. The second-order valence-corrected chi connectivity index (χ2v) is 5.62. The number of aliphatic hydroxyl groups is 1. The zero-order valence-corrected chi connectivity index (χ0v) is 13.0. The van der Waals surface area contributed by atoms with Gasteiger partial charge in [-0.15, -0.1) is 0 Å². The number of halogens is 1. The van der Waals surface area contributed by atoms with E-state index >= 15 is 0 Å². The highest BCUT2D eigenvalue weighted by Crippen LogP contribution is 2.17. The Bertz CT molecular complexity index is 581. The Morgan fingerprint density at radius 2 is 1.86 bits per heavy atom. The summed E-state index contributed by atoms with van der Waals surface area (Å²) in [4.78, 5) is 0. The molecule has 3 nitrogen and oxygen atoms in total. The highest BCUT2D eigenvalue weighted by atomic mass is 35.5. The number of anilines is 1. The van der Waals surface area contributed by atoms with Gasteiger partial charge in [0.2, 0.25) is 0 Å². The first-order valence-electron chi connectivity index (χ1n) is 6.91. The van der Waals surface area contributed by atoms with Crippen molar-refractivity contribution in [2.75, 3.05) is 18.5 Å². The summed E-state index contributed by atoms with van der Waals surface area (Å²) in [5, 5.41) is 13.8. The largest absolute Gasteiger partial charge is 0.491 e. The molecule has 0 saturated heterocycles. The van der Waals surface area contributed by atoms with E-state index in [4.69, 9.17) is 16.3 Å². The summed E-state index contributed by atoms with van der Waals surface area (Å²) >= 11 is 5.90. The first-order valence-corrected chi connectivity index (χ1v) is 7.29. The van der Waals surface area contributed by atoms with Crippen molar-refractivity contribution in [1.82, 2.24) is 0 Å². The predicted octanol–water partition coefficient (Wildman–Crippen LogP) is 3.81. The molecule has 2 N–H and O–H groups in total. The second kappa shape index (κ2) is 7.34. The highest BCUT2D eigenvalue weighted by molar-refractivity contribution is 6.30. The SMILES string of the molecule is Cc1cc(C)cc(OCC(O)CNc2cccc(Cl)c2)c1. The normalized spacial score (nSPS) is 12.0. The summed E-state index contributed by atoms with van der Waals surface area (Å²) < 4.78 is 5.63. The van der Waals surface area contributed by atoms with Gasteiger partial charge in [0.15, 0.2) is 0 Å². The van der Waals surface area contributed by atoms with Crippen LogP contribution in [0.25, 0.3) is 0 Å². The molecule has 4 heteroatoms. The monoisotopic (exact) mass is 305 g/mol. The Morgan fingerprint density at radius 1 is 1.14 bits per heavy atom. The van der Waals surface area contributed by atoms with Gasteiger partial charge >= 0.3 is 0 Å². The lowest BCUT2D eigenvalue weighted by Gasteiger charge is -2.15. The van der Waals surface area contributed by atoms with Crippen LogP contribution in [0.5, 0.6) is 5.75 Å². The molecular weight excluding hydrogens is 286 g/mol. The number of benzene rings is 2. The molecule has 0 bridgehead atoms. The van der Waals surface area contributed by atoms with E-state index in [-0.39, 0.29) is 6.61 Å². The van der Waals surface area contributed by atoms with Crippen molar-refractivity contribution >= 4 is 17.3 Å². The van der Waals surface area contributed by atoms with E-state index in [0.29, 0.717) is 11.6 Å². The maximum Gasteiger partial charge on any atom is 0.119 e. The average molecular weight is 306 g/mol. The minimum Gasteiger partial charge on any atom is -0.491 e. The van der Waals surface area contributed by atoms with Gasteiger partial charge in [-0.2, -0.15) is 0 Å². The molecule has 2 rings (SSSR count). The molecule has 0 radical (unpaired) electrons. The van der Waals surface area contributed by atoms with Crippen LogP contribution >= 0.6 is 11.6 Å². The van der Waals surface area contributed by atoms with E-state index in [2.05, 4.69) is 11.4 Å². The fraction of sp³-hybridized carbons (Fsp3) is 0.294. The fourth-order valence-corrected chi connectivity index (χ4v) is 2.29. The number of hydrogen-bond donors (Lipinski definition) is 2. The van der Waals surface area contributed by atoms with Gasteiger partial charge in [-0.3, -0.25) is 0 Å². The molecule has 0 aromatic heterocycles. The van der Waals surface area contributed by atoms with Crippen molar-refractivity contribution < 1.29 is 9.84 Å². The van der Waals surface area contributed by atoms with Gasteiger partial charge in [-0.05, 0) is 55.3 Å². The Kier molecular flexibility index (Phi) is 5.48. The third-order valence-electron chi connectivity index (χ3n) is 3.00. The molecule has 0 aliphatic heterocycles. The summed E-state index contributed by atoms with van der Waals surface area (Å²) in [6.07, 6.45) is -0.593. The van der Waals surface area contributed by atoms with Crippen LogP contribution in [0.15, 0.2) is 42.5 Å². The van der Waals surface area contributed by atoms with E-state index in [1.165, 1.54) is 0 Å². The van der Waals surface area contributed by atoms with E-state index in [1.807, 2.05) is 50.2 Å². The number of nitrogens with one attached hydrogen (secondary N) is 1. The molecule has 0 aliphatic carbocycles. The summed E-state index contributed by atoms with van der Waals surface area (Å²) in [7, 11) is 0. The molecule has 0 saturated carbocycles. The third-order valence-corrected chi connectivity index (χ3v) is 3.24. The van der Waals surface area contributed by atoms with E-state index < -0.39 is 6.10 Å². The first kappa shape index (κ1) is 15.7. The minimum atomic E-state index is -0.593. The number of hydrogen-bond acceptors (Lipinski definition) is 3. The molecule has 2 aromatic carbocycles. The van der Waals surface area contributed by atoms with Crippen molar-refractivity contribution in [3.63, 3.8) is 0 Å². The van der Waals surface area contributed by atoms with Crippen molar-refractivity contribution in [3.8, 4) is 5.75 Å². The Hall–Kier alpha value is -1.71. The molecular formula is C17H20ClNO2. The van der Waals surface area contributed by atoms with Crippen LogP contribution in [0.4, 0.5) is 5.69 Å². The maximum absolute atomic E-state index is 9.96. The van der Waals surface area contributed by atoms with Crippen molar-refractivity contribution in [1.29, 1.82) is 0 Å². The van der Waals surface area contributed by atoms with Crippen LogP contribution in [0.3, 0.4) is 0 Å². The third kappa shape index (κ3) is 5.29. The van der Waals surface area contributed by atoms with Crippen LogP contribution in [0, 0.1) is 13.8 Å². The molecule has 112 valence electrons. The van der Waals surface area contributed by atoms with Gasteiger partial charge in [-0.1, -0.05) is 23.7 Å². The zero-order chi connectivity index (χ0) is 15.2. The molecule has 0 aliphatic rings. The maximum atomic E-state index is 9.96. The number of ether oxygens (including phenoxy) is 1. The van der Waals surface area contributed by atoms with Gasteiger partial charge in [0.05, 0.1) is 0 Å². The van der Waals surface area contributed by atoms with Crippen LogP contribution in [0.2, 0.25) is 5.02 Å². The van der Waals surface area contributed by atoms with Gasteiger partial charge < -0.3 is 15.2 Å². The van der Waals surface area contributed by atoms with Gasteiger partial charge in [-0.25, -0.2) is 0 Å². The zero-order valence-electron chi connectivity index (χ0n) is 12.3. The number of rotatable bonds is 6. The number of aliphatic hydroxyl groups excluding tert-OH is 1. The molecule has 0 heterocycles. The van der Waals surface area contributed by atoms with Gasteiger partial charge in [0.1, 0.15) is 18.5 Å². The molecule has 21 heavy (non-hydrogen) atoms. The van der Waals surface area contributed by atoms with E-state index in [0.717, 1.165) is 22.6 Å². The Balaban J connectivity index is 1.80. The van der Waals surface area contributed by atoms with Crippen LogP contribution in [-0.4, -0.2) is 24.4 Å². The lowest BCUT2D eigenvalue weighted by molar-refractivity contribution is 0.117. The first-order chi connectivity index (χ1) is 10.0. The van der Waals surface area contributed by atoms with Gasteiger partial charge in [0.25, 0.3) is 0 Å².